The van der Waals surface area contributed by atoms with Gasteiger partial charge in [-0.05, 0) is 24.3 Å². The van der Waals surface area contributed by atoms with E-state index in [0.717, 1.165) is 12.1 Å². The van der Waals surface area contributed by atoms with Crippen LogP contribution in [0.2, 0.25) is 0 Å². The number of rotatable bonds is 4. The molecule has 0 aliphatic heterocycles. The molecule has 0 aliphatic carbocycles. The average Bonchev–Trinajstić information content (AvgIpc) is 2.49. The number of ether oxygens (including phenoxy) is 1. The van der Waals surface area contributed by atoms with E-state index in [4.69, 9.17) is 4.74 Å². The molecule has 0 aromatic heterocycles. The predicted molar refractivity (Wildman–Crippen MR) is 77.0 cm³/mol. The summed E-state index contributed by atoms with van der Waals surface area (Å²) in [5, 5.41) is 2.17. The second kappa shape index (κ2) is 6.65. The van der Waals surface area contributed by atoms with Crippen LogP contribution in [-0.2, 0) is 4.79 Å². The Kier molecular flexibility index (Phi) is 4.66. The Bertz CT molecular complexity index is 663. The fraction of sp³-hybridized carbons (Fsp3) is 0.0625. The van der Waals surface area contributed by atoms with Crippen LogP contribution in [0.4, 0.5) is 14.5 Å². The highest BCUT2D eigenvalue weighted by molar-refractivity contribution is 6.02. The van der Waals surface area contributed by atoms with Gasteiger partial charge in [-0.2, -0.15) is 0 Å². The fourth-order valence-corrected chi connectivity index (χ4v) is 1.75. The lowest BCUT2D eigenvalue weighted by atomic mass is 10.2. The molecule has 0 atom stereocenters. The van der Waals surface area contributed by atoms with Crippen molar-refractivity contribution in [1.82, 2.24) is 0 Å². The van der Waals surface area contributed by atoms with Crippen molar-refractivity contribution >= 4 is 17.7 Å². The van der Waals surface area contributed by atoms with Crippen molar-refractivity contribution in [3.8, 4) is 5.75 Å². The maximum atomic E-state index is 13.4. The van der Waals surface area contributed by atoms with Gasteiger partial charge in [-0.1, -0.05) is 24.3 Å². The second-order valence-corrected chi connectivity index (χ2v) is 4.16. The van der Waals surface area contributed by atoms with Gasteiger partial charge in [-0.3, -0.25) is 4.79 Å². The van der Waals surface area contributed by atoms with Crippen LogP contribution in [0.25, 0.3) is 6.08 Å². The van der Waals surface area contributed by atoms with E-state index >= 15 is 0 Å². The molecule has 2 rings (SSSR count). The Morgan fingerprint density at radius 2 is 1.76 bits per heavy atom. The zero-order valence-corrected chi connectivity index (χ0v) is 11.3. The maximum absolute atomic E-state index is 13.4. The van der Waals surface area contributed by atoms with Crippen molar-refractivity contribution in [2.24, 2.45) is 0 Å². The monoisotopic (exact) mass is 289 g/mol. The smallest absolute Gasteiger partial charge is 0.248 e. The number of anilines is 1. The van der Waals surface area contributed by atoms with Gasteiger partial charge in [0, 0.05) is 11.6 Å². The molecule has 0 bridgehead atoms. The van der Waals surface area contributed by atoms with Crippen molar-refractivity contribution in [3.63, 3.8) is 0 Å². The number of carbonyl (C=O) groups is 1. The molecule has 5 heteroatoms. The molecule has 0 unspecified atom stereocenters. The van der Waals surface area contributed by atoms with Gasteiger partial charge in [0.25, 0.3) is 0 Å². The van der Waals surface area contributed by atoms with Gasteiger partial charge >= 0.3 is 0 Å². The van der Waals surface area contributed by atoms with Gasteiger partial charge in [0.15, 0.2) is 0 Å². The molecule has 1 N–H and O–H groups in total. The van der Waals surface area contributed by atoms with E-state index in [1.807, 2.05) is 0 Å². The molecule has 2 aromatic carbocycles. The summed E-state index contributed by atoms with van der Waals surface area (Å²) in [6.07, 6.45) is 2.69. The van der Waals surface area contributed by atoms with Crippen molar-refractivity contribution < 1.29 is 18.3 Å². The Hall–Kier alpha value is -2.69. The summed E-state index contributed by atoms with van der Waals surface area (Å²) < 4.78 is 31.9. The number of amides is 1. The standard InChI is InChI=1S/C16H13F2NO2/c1-21-14-8-3-2-5-11(14)9-10-15(20)19-16-12(17)6-4-7-13(16)18/h2-10H,1H3,(H,19,20)/b10-9+. The summed E-state index contributed by atoms with van der Waals surface area (Å²) in [4.78, 5) is 11.7. The van der Waals surface area contributed by atoms with Gasteiger partial charge in [0.2, 0.25) is 5.91 Å². The van der Waals surface area contributed by atoms with Crippen molar-refractivity contribution in [3.05, 3.63) is 65.7 Å². The molecular weight excluding hydrogens is 276 g/mol. The van der Waals surface area contributed by atoms with Crippen molar-refractivity contribution in [1.29, 1.82) is 0 Å². The van der Waals surface area contributed by atoms with Crippen molar-refractivity contribution in [2.45, 2.75) is 0 Å². The Morgan fingerprint density at radius 3 is 2.43 bits per heavy atom. The number of hydrogen-bond donors (Lipinski definition) is 1. The summed E-state index contributed by atoms with van der Waals surface area (Å²) in [6.45, 7) is 0. The first-order valence-electron chi connectivity index (χ1n) is 6.18. The van der Waals surface area contributed by atoms with E-state index in [-0.39, 0.29) is 0 Å². The number of nitrogens with one attached hydrogen (secondary N) is 1. The summed E-state index contributed by atoms with van der Waals surface area (Å²) in [5.74, 6) is -1.69. The van der Waals surface area contributed by atoms with Crippen molar-refractivity contribution in [2.75, 3.05) is 12.4 Å². The van der Waals surface area contributed by atoms with E-state index < -0.39 is 23.2 Å². The SMILES string of the molecule is COc1ccccc1/C=C/C(=O)Nc1c(F)cccc1F. The molecule has 3 nitrogen and oxygen atoms in total. The minimum atomic E-state index is -0.825. The number of benzene rings is 2. The van der Waals surface area contributed by atoms with Gasteiger partial charge in [0.1, 0.15) is 23.1 Å². The Morgan fingerprint density at radius 1 is 1.10 bits per heavy atom. The molecule has 1 amide bonds. The number of para-hydroxylation sites is 2. The van der Waals surface area contributed by atoms with Gasteiger partial charge in [0.05, 0.1) is 7.11 Å². The van der Waals surface area contributed by atoms with E-state index in [2.05, 4.69) is 5.32 Å². The highest BCUT2D eigenvalue weighted by atomic mass is 19.1. The van der Waals surface area contributed by atoms with Crippen LogP contribution in [0.3, 0.4) is 0 Å². The molecule has 0 heterocycles. The Labute approximate surface area is 120 Å². The Balaban J connectivity index is 2.13. The number of methoxy groups -OCH3 is 1. The molecule has 108 valence electrons. The number of hydrogen-bond acceptors (Lipinski definition) is 2. The third kappa shape index (κ3) is 3.66. The highest BCUT2D eigenvalue weighted by Crippen LogP contribution is 2.20. The average molecular weight is 289 g/mol. The lowest BCUT2D eigenvalue weighted by Gasteiger charge is -2.05. The van der Waals surface area contributed by atoms with E-state index in [1.165, 1.54) is 25.3 Å². The first-order chi connectivity index (χ1) is 10.1. The van der Waals surface area contributed by atoms with Crippen LogP contribution in [0.1, 0.15) is 5.56 Å². The number of carbonyl (C=O) groups excluding carboxylic acids is 1. The van der Waals surface area contributed by atoms with E-state index in [0.29, 0.717) is 11.3 Å². The maximum Gasteiger partial charge on any atom is 0.248 e. The lowest BCUT2D eigenvalue weighted by Crippen LogP contribution is -2.10. The minimum Gasteiger partial charge on any atom is -0.496 e. The lowest BCUT2D eigenvalue weighted by molar-refractivity contribution is -0.111. The summed E-state index contributed by atoms with van der Waals surface area (Å²) in [5.41, 5.74) is 0.219. The van der Waals surface area contributed by atoms with E-state index in [9.17, 15) is 13.6 Å². The fourth-order valence-electron chi connectivity index (χ4n) is 1.75. The van der Waals surface area contributed by atoms with Crippen LogP contribution in [0.5, 0.6) is 5.75 Å². The van der Waals surface area contributed by atoms with E-state index in [1.54, 1.807) is 24.3 Å². The topological polar surface area (TPSA) is 38.3 Å². The third-order valence-electron chi connectivity index (χ3n) is 2.76. The quantitative estimate of drug-likeness (QED) is 0.873. The summed E-state index contributed by atoms with van der Waals surface area (Å²) in [7, 11) is 1.52. The van der Waals surface area contributed by atoms with Crippen LogP contribution in [-0.4, -0.2) is 13.0 Å². The molecule has 21 heavy (non-hydrogen) atoms. The third-order valence-corrected chi connectivity index (χ3v) is 2.76. The summed E-state index contributed by atoms with van der Waals surface area (Å²) in [6, 6.07) is 10.5. The first kappa shape index (κ1) is 14.7. The normalized spacial score (nSPS) is 10.6. The summed E-state index contributed by atoms with van der Waals surface area (Å²) >= 11 is 0. The molecule has 0 saturated heterocycles. The predicted octanol–water partition coefficient (Wildman–Crippen LogP) is 3.63. The van der Waals surface area contributed by atoms with Gasteiger partial charge in [-0.25, -0.2) is 8.78 Å². The van der Waals surface area contributed by atoms with Crippen LogP contribution in [0, 0.1) is 11.6 Å². The molecule has 0 radical (unpaired) electrons. The van der Waals surface area contributed by atoms with Crippen LogP contribution < -0.4 is 10.1 Å². The molecule has 0 spiro atoms. The zero-order chi connectivity index (χ0) is 15.2. The van der Waals surface area contributed by atoms with Crippen LogP contribution >= 0.6 is 0 Å². The molecule has 0 aliphatic rings. The second-order valence-electron chi connectivity index (χ2n) is 4.16. The zero-order valence-electron chi connectivity index (χ0n) is 11.3. The largest absolute Gasteiger partial charge is 0.496 e. The highest BCUT2D eigenvalue weighted by Gasteiger charge is 2.10. The number of halogens is 2. The molecule has 2 aromatic rings. The molecule has 0 fully saturated rings. The van der Waals surface area contributed by atoms with Gasteiger partial charge in [-0.15, -0.1) is 0 Å². The molecule has 0 saturated carbocycles. The first-order valence-corrected chi connectivity index (χ1v) is 6.18. The molecular formula is C16H13F2NO2. The van der Waals surface area contributed by atoms with Crippen LogP contribution in [0.15, 0.2) is 48.5 Å². The van der Waals surface area contributed by atoms with Gasteiger partial charge < -0.3 is 10.1 Å². The minimum absolute atomic E-state index is 0.466.